The van der Waals surface area contributed by atoms with E-state index in [1.807, 2.05) is 24.3 Å². The molecule has 3 heterocycles. The number of amides is 1. The van der Waals surface area contributed by atoms with Crippen LogP contribution in [0.3, 0.4) is 0 Å². The van der Waals surface area contributed by atoms with E-state index >= 15 is 0 Å². The molecule has 2 N–H and O–H groups in total. The summed E-state index contributed by atoms with van der Waals surface area (Å²) < 4.78 is 6.20. The summed E-state index contributed by atoms with van der Waals surface area (Å²) in [6.45, 7) is 2.87. The second-order valence-corrected chi connectivity index (χ2v) is 8.05. The average molecular weight is 365 g/mol. The van der Waals surface area contributed by atoms with Crippen molar-refractivity contribution in [1.29, 1.82) is 0 Å². The molecule has 0 aromatic heterocycles. The molecule has 1 aromatic carbocycles. The first-order chi connectivity index (χ1) is 12.1. The van der Waals surface area contributed by atoms with Crippen molar-refractivity contribution in [3.8, 4) is 0 Å². The lowest BCUT2D eigenvalue weighted by atomic mass is 9.74. The first-order valence-electron chi connectivity index (χ1n) is 9.12. The molecular formula is C19H25ClN2O3. The van der Waals surface area contributed by atoms with Crippen LogP contribution in [-0.2, 0) is 16.0 Å². The predicted octanol–water partition coefficient (Wildman–Crippen LogP) is 1.47. The molecule has 3 aliphatic heterocycles. The zero-order chi connectivity index (χ0) is 17.4. The number of fused-ring (bicyclic) bond motifs is 1. The molecular weight excluding hydrogens is 340 g/mol. The number of ether oxygens (including phenoxy) is 1. The highest BCUT2D eigenvalue weighted by Gasteiger charge is 2.62. The molecule has 0 radical (unpaired) electrons. The summed E-state index contributed by atoms with van der Waals surface area (Å²) in [5, 5.41) is 13.4. The summed E-state index contributed by atoms with van der Waals surface area (Å²) in [7, 11) is 0. The summed E-state index contributed by atoms with van der Waals surface area (Å²) >= 11 is 5.98. The normalized spacial score (nSPS) is 33.6. The molecule has 25 heavy (non-hydrogen) atoms. The topological polar surface area (TPSA) is 61.8 Å². The van der Waals surface area contributed by atoms with Gasteiger partial charge in [-0.1, -0.05) is 23.7 Å². The van der Waals surface area contributed by atoms with Crippen LogP contribution in [0.1, 0.15) is 18.4 Å². The van der Waals surface area contributed by atoms with Crippen LogP contribution in [0.4, 0.5) is 0 Å². The minimum atomic E-state index is -0.112. The van der Waals surface area contributed by atoms with Gasteiger partial charge in [0.1, 0.15) is 0 Å². The van der Waals surface area contributed by atoms with Gasteiger partial charge in [0.05, 0.1) is 18.2 Å². The Hall–Kier alpha value is -1.14. The quantitative estimate of drug-likeness (QED) is 0.802. The van der Waals surface area contributed by atoms with Crippen LogP contribution >= 0.6 is 11.6 Å². The summed E-state index contributed by atoms with van der Waals surface area (Å²) in [5.41, 5.74) is 1.01. The lowest BCUT2D eigenvalue weighted by Crippen LogP contribution is -2.39. The van der Waals surface area contributed by atoms with Crippen LogP contribution in [0.15, 0.2) is 24.3 Å². The summed E-state index contributed by atoms with van der Waals surface area (Å²) in [4.78, 5) is 14.4. The number of carbonyl (C=O) groups is 1. The molecule has 0 saturated carbocycles. The van der Waals surface area contributed by atoms with Crippen molar-refractivity contribution in [2.24, 2.45) is 11.8 Å². The van der Waals surface area contributed by atoms with Crippen molar-refractivity contribution < 1.29 is 14.6 Å². The van der Waals surface area contributed by atoms with E-state index in [9.17, 15) is 9.90 Å². The van der Waals surface area contributed by atoms with Gasteiger partial charge in [-0.25, -0.2) is 0 Å². The number of likely N-dealkylation sites (tertiary alicyclic amines) is 1. The maximum atomic E-state index is 12.3. The van der Waals surface area contributed by atoms with E-state index in [1.54, 1.807) is 0 Å². The average Bonchev–Trinajstić information content (AvgIpc) is 3.21. The van der Waals surface area contributed by atoms with Crippen molar-refractivity contribution in [2.75, 3.05) is 32.8 Å². The number of carbonyl (C=O) groups excluding carboxylic acids is 1. The molecule has 4 atom stereocenters. The predicted molar refractivity (Wildman–Crippen MR) is 95.5 cm³/mol. The van der Waals surface area contributed by atoms with E-state index in [2.05, 4.69) is 10.2 Å². The van der Waals surface area contributed by atoms with Gasteiger partial charge < -0.3 is 15.2 Å². The lowest BCUT2D eigenvalue weighted by molar-refractivity contribution is -0.122. The summed E-state index contributed by atoms with van der Waals surface area (Å²) in [5.74, 6) is 0.661. The molecule has 6 heteroatoms. The molecule has 2 bridgehead atoms. The maximum Gasteiger partial charge on any atom is 0.234 e. The van der Waals surface area contributed by atoms with Gasteiger partial charge in [0.25, 0.3) is 0 Å². The number of nitrogens with one attached hydrogen (secondary N) is 1. The highest BCUT2D eigenvalue weighted by Crippen LogP contribution is 2.54. The van der Waals surface area contributed by atoms with Crippen molar-refractivity contribution in [3.05, 3.63) is 34.9 Å². The van der Waals surface area contributed by atoms with E-state index in [1.165, 1.54) is 0 Å². The SMILES string of the molecule is O=C(CN1C[C@H]2[C@@H](CO)[C@@H]3CC[C@@]2(C1)O3)NCCc1cccc(Cl)c1. The van der Waals surface area contributed by atoms with Crippen LogP contribution in [-0.4, -0.2) is 60.4 Å². The summed E-state index contributed by atoms with van der Waals surface area (Å²) in [6.07, 6.45) is 3.10. The largest absolute Gasteiger partial charge is 0.396 e. The molecule has 0 aliphatic carbocycles. The van der Waals surface area contributed by atoms with Gasteiger partial charge in [0.15, 0.2) is 0 Å². The Balaban J connectivity index is 1.25. The number of nitrogens with zero attached hydrogens (tertiary/aromatic N) is 1. The first-order valence-corrected chi connectivity index (χ1v) is 9.50. The third-order valence-corrected chi connectivity index (χ3v) is 6.29. The molecule has 1 spiro atoms. The Kier molecular flexibility index (Phi) is 4.75. The van der Waals surface area contributed by atoms with Gasteiger partial charge in [0, 0.05) is 43.1 Å². The minimum absolute atomic E-state index is 0.0495. The van der Waals surface area contributed by atoms with Gasteiger partial charge in [-0.2, -0.15) is 0 Å². The van der Waals surface area contributed by atoms with Crippen molar-refractivity contribution in [3.63, 3.8) is 0 Å². The number of aliphatic hydroxyl groups is 1. The van der Waals surface area contributed by atoms with Gasteiger partial charge in [0.2, 0.25) is 5.91 Å². The Labute approximate surface area is 153 Å². The number of hydrogen-bond donors (Lipinski definition) is 2. The lowest BCUT2D eigenvalue weighted by Gasteiger charge is -2.28. The molecule has 4 rings (SSSR count). The van der Waals surface area contributed by atoms with E-state index in [0.717, 1.165) is 42.9 Å². The van der Waals surface area contributed by atoms with Gasteiger partial charge in [-0.15, -0.1) is 0 Å². The fraction of sp³-hybridized carbons (Fsp3) is 0.632. The summed E-state index contributed by atoms with van der Waals surface area (Å²) in [6, 6.07) is 7.72. The molecule has 0 unspecified atom stereocenters. The third-order valence-electron chi connectivity index (χ3n) is 6.06. The molecule has 3 fully saturated rings. The van der Waals surface area contributed by atoms with Crippen LogP contribution in [0.5, 0.6) is 0 Å². The second-order valence-electron chi connectivity index (χ2n) is 7.61. The van der Waals surface area contributed by atoms with Crippen LogP contribution in [0, 0.1) is 11.8 Å². The van der Waals surface area contributed by atoms with E-state index in [-0.39, 0.29) is 30.1 Å². The molecule has 136 valence electrons. The Morgan fingerprint density at radius 1 is 1.48 bits per heavy atom. The maximum absolute atomic E-state index is 12.3. The molecule has 1 aromatic rings. The molecule has 3 saturated heterocycles. The minimum Gasteiger partial charge on any atom is -0.396 e. The molecule has 3 aliphatic rings. The van der Waals surface area contributed by atoms with Crippen LogP contribution in [0.25, 0.3) is 0 Å². The number of halogens is 1. The van der Waals surface area contributed by atoms with Crippen LogP contribution in [0.2, 0.25) is 5.02 Å². The molecule has 1 amide bonds. The third kappa shape index (κ3) is 3.31. The fourth-order valence-corrected chi connectivity index (χ4v) is 5.16. The highest BCUT2D eigenvalue weighted by atomic mass is 35.5. The number of hydrogen-bond acceptors (Lipinski definition) is 4. The highest BCUT2D eigenvalue weighted by molar-refractivity contribution is 6.30. The Morgan fingerprint density at radius 2 is 2.36 bits per heavy atom. The van der Waals surface area contributed by atoms with E-state index in [4.69, 9.17) is 16.3 Å². The second kappa shape index (κ2) is 6.88. The van der Waals surface area contributed by atoms with Crippen molar-refractivity contribution in [2.45, 2.75) is 31.0 Å². The van der Waals surface area contributed by atoms with Crippen LogP contribution < -0.4 is 5.32 Å². The van der Waals surface area contributed by atoms with Gasteiger partial charge in [-0.3, -0.25) is 9.69 Å². The number of benzene rings is 1. The Bertz CT molecular complexity index is 655. The van der Waals surface area contributed by atoms with Gasteiger partial charge >= 0.3 is 0 Å². The fourth-order valence-electron chi connectivity index (χ4n) is 4.95. The van der Waals surface area contributed by atoms with E-state index in [0.29, 0.717) is 19.0 Å². The standard InChI is InChI=1S/C19H25ClN2O3/c20-14-3-1-2-13(8-14)5-7-21-18(24)10-22-9-16-15(11-23)17-4-6-19(16,12-22)25-17/h1-3,8,15-17,23H,4-7,9-12H2,(H,21,24)/t15-,16+,17+,19+/m1/s1. The Morgan fingerprint density at radius 3 is 3.16 bits per heavy atom. The first kappa shape index (κ1) is 17.3. The smallest absolute Gasteiger partial charge is 0.234 e. The van der Waals surface area contributed by atoms with E-state index < -0.39 is 0 Å². The molecule has 5 nitrogen and oxygen atoms in total. The zero-order valence-corrected chi connectivity index (χ0v) is 15.0. The van der Waals surface area contributed by atoms with Crippen molar-refractivity contribution in [1.82, 2.24) is 10.2 Å². The number of aliphatic hydroxyl groups excluding tert-OH is 1. The monoisotopic (exact) mass is 364 g/mol. The van der Waals surface area contributed by atoms with Gasteiger partial charge in [-0.05, 0) is 37.0 Å². The van der Waals surface area contributed by atoms with Crippen molar-refractivity contribution >= 4 is 17.5 Å². The zero-order valence-electron chi connectivity index (χ0n) is 14.3. The number of rotatable bonds is 6.